The van der Waals surface area contributed by atoms with Crippen molar-refractivity contribution in [3.63, 3.8) is 0 Å². The molecule has 0 bridgehead atoms. The maximum atomic E-state index is 13.5. The fraction of sp³-hybridized carbons (Fsp3) is 0.636. The minimum absolute atomic E-state index is 0.0625. The molecule has 0 unspecified atom stereocenters. The van der Waals surface area contributed by atoms with E-state index < -0.39 is 11.8 Å². The highest BCUT2D eigenvalue weighted by atomic mass is 16.5. The van der Waals surface area contributed by atoms with E-state index in [1.807, 2.05) is 0 Å². The van der Waals surface area contributed by atoms with Gasteiger partial charge in [-0.2, -0.15) is 0 Å². The van der Waals surface area contributed by atoms with Crippen molar-refractivity contribution in [1.82, 2.24) is 10.2 Å². The zero-order chi connectivity index (χ0) is 20.3. The maximum absolute atomic E-state index is 13.5. The second-order valence-corrected chi connectivity index (χ2v) is 8.12. The summed E-state index contributed by atoms with van der Waals surface area (Å²) >= 11 is 0. The van der Waals surface area contributed by atoms with Crippen LogP contribution in [0.15, 0.2) is 24.3 Å². The molecule has 0 radical (unpaired) electrons. The Morgan fingerprint density at radius 2 is 2.07 bits per heavy atom. The van der Waals surface area contributed by atoms with E-state index in [0.29, 0.717) is 17.9 Å². The molecule has 1 aromatic rings. The molecule has 7 nitrogen and oxygen atoms in total. The Kier molecular flexibility index (Phi) is 6.06. The molecule has 1 aliphatic carbocycles. The van der Waals surface area contributed by atoms with Crippen LogP contribution in [0, 0.1) is 0 Å². The van der Waals surface area contributed by atoms with Gasteiger partial charge in [-0.3, -0.25) is 14.5 Å². The van der Waals surface area contributed by atoms with Gasteiger partial charge in [-0.25, -0.2) is 0 Å². The van der Waals surface area contributed by atoms with Crippen LogP contribution in [-0.4, -0.2) is 61.5 Å². The van der Waals surface area contributed by atoms with Gasteiger partial charge in [0.2, 0.25) is 5.91 Å². The number of benzene rings is 1. The van der Waals surface area contributed by atoms with Gasteiger partial charge in [0.25, 0.3) is 5.91 Å². The van der Waals surface area contributed by atoms with E-state index in [0.717, 1.165) is 51.6 Å². The van der Waals surface area contributed by atoms with Gasteiger partial charge in [-0.05, 0) is 56.7 Å². The third-order valence-corrected chi connectivity index (χ3v) is 6.26. The first-order valence-corrected chi connectivity index (χ1v) is 10.6. The first kappa shape index (κ1) is 20.2. The van der Waals surface area contributed by atoms with Crippen LogP contribution in [0.3, 0.4) is 0 Å². The number of carbonyl (C=O) groups is 2. The van der Waals surface area contributed by atoms with Crippen molar-refractivity contribution in [2.45, 2.75) is 62.8 Å². The molecule has 7 heteroatoms. The fourth-order valence-corrected chi connectivity index (χ4v) is 4.70. The van der Waals surface area contributed by atoms with Gasteiger partial charge >= 0.3 is 0 Å². The minimum Gasteiger partial charge on any atom is -0.497 e. The van der Waals surface area contributed by atoms with Gasteiger partial charge in [0, 0.05) is 18.7 Å². The molecular weight excluding hydrogens is 372 g/mol. The highest BCUT2D eigenvalue weighted by Gasteiger charge is 2.53. The van der Waals surface area contributed by atoms with E-state index in [-0.39, 0.29) is 24.5 Å². The standard InChI is InChI=1S/C22H30N2O5/c1-27-17-8-5-7-16(13-17)21(26)24-19(15-29-22(24)10-3-2-4-11-22)20(25)23-14-18-9-6-12-28-18/h5,7-8,13,18-19H,2-4,6,9-12,14-15H2,1H3,(H,23,25)/t18-,19+/m1/s1. The number of ether oxygens (including phenoxy) is 3. The SMILES string of the molecule is COc1cccc(C(=O)N2[C@H](C(=O)NC[C@H]3CCCO3)COC23CCCCC3)c1. The lowest BCUT2D eigenvalue weighted by molar-refractivity contribution is -0.127. The van der Waals surface area contributed by atoms with E-state index in [1.165, 1.54) is 0 Å². The average molecular weight is 402 g/mol. The van der Waals surface area contributed by atoms with E-state index in [2.05, 4.69) is 5.32 Å². The van der Waals surface area contributed by atoms with Gasteiger partial charge in [0.05, 0.1) is 19.8 Å². The van der Waals surface area contributed by atoms with Crippen LogP contribution < -0.4 is 10.1 Å². The molecule has 4 rings (SSSR count). The molecule has 2 atom stereocenters. The number of nitrogens with one attached hydrogen (secondary N) is 1. The monoisotopic (exact) mass is 402 g/mol. The number of rotatable bonds is 5. The highest BCUT2D eigenvalue weighted by Crippen LogP contribution is 2.41. The Balaban J connectivity index is 1.56. The van der Waals surface area contributed by atoms with Crippen LogP contribution >= 0.6 is 0 Å². The predicted molar refractivity (Wildman–Crippen MR) is 107 cm³/mol. The van der Waals surface area contributed by atoms with Crippen molar-refractivity contribution in [2.24, 2.45) is 0 Å². The molecule has 3 aliphatic rings. The van der Waals surface area contributed by atoms with Crippen LogP contribution in [0.1, 0.15) is 55.3 Å². The Morgan fingerprint density at radius 3 is 2.79 bits per heavy atom. The number of hydrogen-bond donors (Lipinski definition) is 1. The highest BCUT2D eigenvalue weighted by molar-refractivity contribution is 5.98. The van der Waals surface area contributed by atoms with Crippen LogP contribution in [0.2, 0.25) is 0 Å². The first-order chi connectivity index (χ1) is 14.1. The molecule has 1 saturated carbocycles. The summed E-state index contributed by atoms with van der Waals surface area (Å²) in [4.78, 5) is 28.3. The van der Waals surface area contributed by atoms with E-state index in [1.54, 1.807) is 36.3 Å². The zero-order valence-electron chi connectivity index (χ0n) is 17.0. The molecule has 2 aliphatic heterocycles. The summed E-state index contributed by atoms with van der Waals surface area (Å²) in [6.45, 7) is 1.45. The summed E-state index contributed by atoms with van der Waals surface area (Å²) < 4.78 is 17.1. The fourth-order valence-electron chi connectivity index (χ4n) is 4.70. The molecular formula is C22H30N2O5. The average Bonchev–Trinajstić information content (AvgIpc) is 3.40. The van der Waals surface area contributed by atoms with Gasteiger partial charge in [0.15, 0.2) is 0 Å². The number of hydrogen-bond acceptors (Lipinski definition) is 5. The largest absolute Gasteiger partial charge is 0.497 e. The molecule has 29 heavy (non-hydrogen) atoms. The lowest BCUT2D eigenvalue weighted by Crippen LogP contribution is -2.56. The summed E-state index contributed by atoms with van der Waals surface area (Å²) in [6, 6.07) is 6.45. The second kappa shape index (κ2) is 8.71. The van der Waals surface area contributed by atoms with E-state index in [9.17, 15) is 9.59 Å². The summed E-state index contributed by atoms with van der Waals surface area (Å²) in [6.07, 6.45) is 6.68. The van der Waals surface area contributed by atoms with Gasteiger partial charge in [0.1, 0.15) is 17.5 Å². The quantitative estimate of drug-likeness (QED) is 0.819. The van der Waals surface area contributed by atoms with Gasteiger partial charge < -0.3 is 19.5 Å². The van der Waals surface area contributed by atoms with Crippen molar-refractivity contribution in [3.8, 4) is 5.75 Å². The van der Waals surface area contributed by atoms with Crippen molar-refractivity contribution in [1.29, 1.82) is 0 Å². The Morgan fingerprint density at radius 1 is 1.24 bits per heavy atom. The Labute approximate surface area is 171 Å². The minimum atomic E-state index is -0.690. The van der Waals surface area contributed by atoms with Crippen LogP contribution in [0.4, 0.5) is 0 Å². The summed E-state index contributed by atoms with van der Waals surface area (Å²) in [5, 5.41) is 2.98. The first-order valence-electron chi connectivity index (χ1n) is 10.6. The molecule has 2 heterocycles. The van der Waals surface area contributed by atoms with Crippen molar-refractivity contribution < 1.29 is 23.8 Å². The van der Waals surface area contributed by atoms with Crippen molar-refractivity contribution >= 4 is 11.8 Å². The molecule has 2 amide bonds. The third kappa shape index (κ3) is 4.12. The summed E-state index contributed by atoms with van der Waals surface area (Å²) in [5.74, 6) is 0.271. The smallest absolute Gasteiger partial charge is 0.257 e. The molecule has 2 saturated heterocycles. The summed E-state index contributed by atoms with van der Waals surface area (Å²) in [7, 11) is 1.58. The molecule has 1 aromatic carbocycles. The molecule has 1 N–H and O–H groups in total. The lowest BCUT2D eigenvalue weighted by atomic mass is 9.89. The number of amides is 2. The third-order valence-electron chi connectivity index (χ3n) is 6.26. The molecule has 0 aromatic heterocycles. The number of methoxy groups -OCH3 is 1. The van der Waals surface area contributed by atoms with E-state index >= 15 is 0 Å². The van der Waals surface area contributed by atoms with Crippen LogP contribution in [0.25, 0.3) is 0 Å². The maximum Gasteiger partial charge on any atom is 0.257 e. The Hall–Kier alpha value is -2.12. The molecule has 1 spiro atoms. The van der Waals surface area contributed by atoms with Crippen molar-refractivity contribution in [2.75, 3.05) is 26.9 Å². The number of carbonyl (C=O) groups excluding carboxylic acids is 2. The predicted octanol–water partition coefficient (Wildman–Crippen LogP) is 2.49. The number of nitrogens with zero attached hydrogens (tertiary/aromatic N) is 1. The second-order valence-electron chi connectivity index (χ2n) is 8.12. The van der Waals surface area contributed by atoms with E-state index in [4.69, 9.17) is 14.2 Å². The van der Waals surface area contributed by atoms with Crippen molar-refractivity contribution in [3.05, 3.63) is 29.8 Å². The molecule has 3 fully saturated rings. The molecule has 158 valence electrons. The zero-order valence-corrected chi connectivity index (χ0v) is 17.0. The van der Waals surface area contributed by atoms with Crippen LogP contribution in [-0.2, 0) is 14.3 Å². The van der Waals surface area contributed by atoms with Gasteiger partial charge in [-0.1, -0.05) is 12.5 Å². The lowest BCUT2D eigenvalue weighted by Gasteiger charge is -2.41. The normalized spacial score (nSPS) is 25.9. The summed E-state index contributed by atoms with van der Waals surface area (Å²) in [5.41, 5.74) is -0.179. The topological polar surface area (TPSA) is 77.1 Å². The van der Waals surface area contributed by atoms with Crippen LogP contribution in [0.5, 0.6) is 5.75 Å². The van der Waals surface area contributed by atoms with Gasteiger partial charge in [-0.15, -0.1) is 0 Å². The Bertz CT molecular complexity index is 740.